The van der Waals surface area contributed by atoms with Crippen LogP contribution in [0.1, 0.15) is 46.1 Å². The Morgan fingerprint density at radius 1 is 1.44 bits per heavy atom. The average Bonchev–Trinajstić information content (AvgIpc) is 3.28. The second-order valence-corrected chi connectivity index (χ2v) is 8.23. The molecule has 3 rings (SSSR count). The van der Waals surface area contributed by atoms with Crippen molar-refractivity contribution in [3.63, 3.8) is 0 Å². The Kier molecular flexibility index (Phi) is 5.45. The molecule has 4 nitrogen and oxygen atoms in total. The normalized spacial score (nSPS) is 16.9. The van der Waals surface area contributed by atoms with E-state index in [1.54, 1.807) is 11.3 Å². The zero-order chi connectivity index (χ0) is 18.0. The van der Waals surface area contributed by atoms with Crippen LogP contribution in [-0.4, -0.2) is 28.1 Å². The minimum atomic E-state index is 0.127. The van der Waals surface area contributed by atoms with Gasteiger partial charge in [-0.2, -0.15) is 5.26 Å². The molecule has 1 saturated heterocycles. The fourth-order valence-electron chi connectivity index (χ4n) is 3.20. The molecule has 25 heavy (non-hydrogen) atoms. The first-order valence-corrected chi connectivity index (χ1v) is 10.2. The molecule has 0 saturated carbocycles. The zero-order valence-corrected chi connectivity index (χ0v) is 16.3. The van der Waals surface area contributed by atoms with Gasteiger partial charge in [0.1, 0.15) is 11.1 Å². The monoisotopic (exact) mass is 371 g/mol. The molecule has 0 radical (unpaired) electrons. The summed E-state index contributed by atoms with van der Waals surface area (Å²) in [4.78, 5) is 20.5. The molecule has 2 aromatic rings. The highest BCUT2D eigenvalue weighted by Crippen LogP contribution is 2.35. The number of nitrogens with zero attached hydrogens (tertiary/aromatic N) is 3. The van der Waals surface area contributed by atoms with E-state index in [0.29, 0.717) is 16.3 Å². The predicted molar refractivity (Wildman–Crippen MR) is 102 cm³/mol. The lowest BCUT2D eigenvalue weighted by molar-refractivity contribution is -0.129. The van der Waals surface area contributed by atoms with E-state index >= 15 is 0 Å². The predicted octanol–water partition coefficient (Wildman–Crippen LogP) is 4.40. The zero-order valence-electron chi connectivity index (χ0n) is 14.7. The Labute approximate surface area is 156 Å². The van der Waals surface area contributed by atoms with Gasteiger partial charge in [0.25, 0.3) is 0 Å². The van der Waals surface area contributed by atoms with Gasteiger partial charge < -0.3 is 4.90 Å². The molecule has 1 aliphatic rings. The van der Waals surface area contributed by atoms with Gasteiger partial charge in [0.05, 0.1) is 17.4 Å². The molecule has 0 bridgehead atoms. The second-order valence-electron chi connectivity index (χ2n) is 6.29. The average molecular weight is 372 g/mol. The number of hydrogen-bond acceptors (Lipinski definition) is 5. The van der Waals surface area contributed by atoms with Crippen LogP contribution in [0, 0.1) is 32.1 Å². The van der Waals surface area contributed by atoms with Crippen molar-refractivity contribution < 1.29 is 4.79 Å². The lowest BCUT2D eigenvalue weighted by Gasteiger charge is -2.24. The third kappa shape index (κ3) is 3.58. The molecular formula is C19H21N3OS2. The lowest BCUT2D eigenvalue weighted by Crippen LogP contribution is -2.31. The van der Waals surface area contributed by atoms with Crippen LogP contribution < -0.4 is 0 Å². The number of carbonyl (C=O) groups excluding carboxylic acids is 1. The molecule has 1 atom stereocenters. The maximum atomic E-state index is 12.8. The van der Waals surface area contributed by atoms with Crippen molar-refractivity contribution in [1.29, 1.82) is 5.26 Å². The molecule has 2 aromatic heterocycles. The summed E-state index contributed by atoms with van der Waals surface area (Å²) in [5.74, 6) is 0.452. The Hall–Kier alpha value is -1.84. The van der Waals surface area contributed by atoms with E-state index in [2.05, 4.69) is 22.5 Å². The molecule has 3 heterocycles. The first-order chi connectivity index (χ1) is 12.0. The number of amides is 1. The maximum Gasteiger partial charge on any atom is 0.233 e. The van der Waals surface area contributed by atoms with Crippen molar-refractivity contribution in [2.24, 2.45) is 0 Å². The number of likely N-dealkylation sites (tertiary alicyclic amines) is 1. The molecule has 0 aromatic carbocycles. The molecule has 0 spiro atoms. The molecule has 0 aliphatic carbocycles. The number of thioether (sulfide) groups is 1. The Morgan fingerprint density at radius 2 is 2.24 bits per heavy atom. The summed E-state index contributed by atoms with van der Waals surface area (Å²) in [7, 11) is 0. The summed E-state index contributed by atoms with van der Waals surface area (Å²) >= 11 is 3.09. The minimum Gasteiger partial charge on any atom is -0.334 e. The smallest absolute Gasteiger partial charge is 0.233 e. The van der Waals surface area contributed by atoms with E-state index in [1.165, 1.54) is 16.6 Å². The van der Waals surface area contributed by atoms with Gasteiger partial charge in [-0.1, -0.05) is 17.8 Å². The first-order valence-electron chi connectivity index (χ1n) is 8.36. The first kappa shape index (κ1) is 18.0. The van der Waals surface area contributed by atoms with Crippen molar-refractivity contribution in [3.05, 3.63) is 44.8 Å². The number of carbonyl (C=O) groups is 1. The van der Waals surface area contributed by atoms with Gasteiger partial charge in [-0.3, -0.25) is 4.79 Å². The SMILES string of the molecule is Cc1nc(SCC(=O)N2CCCC2c2cccs2)c(C#N)c(C)c1C. The van der Waals surface area contributed by atoms with Crippen LogP contribution in [0.25, 0.3) is 0 Å². The Bertz CT molecular complexity index is 824. The molecule has 1 unspecified atom stereocenters. The number of pyridine rings is 1. The molecule has 6 heteroatoms. The highest BCUT2D eigenvalue weighted by atomic mass is 32.2. The van der Waals surface area contributed by atoms with E-state index in [-0.39, 0.29) is 11.9 Å². The van der Waals surface area contributed by atoms with Crippen molar-refractivity contribution in [2.75, 3.05) is 12.3 Å². The van der Waals surface area contributed by atoms with Gasteiger partial charge in [-0.15, -0.1) is 11.3 Å². The Morgan fingerprint density at radius 3 is 2.92 bits per heavy atom. The molecular weight excluding hydrogens is 350 g/mol. The van der Waals surface area contributed by atoms with Crippen LogP contribution in [0.4, 0.5) is 0 Å². The van der Waals surface area contributed by atoms with E-state index in [1.807, 2.05) is 31.7 Å². The van der Waals surface area contributed by atoms with Crippen LogP contribution >= 0.6 is 23.1 Å². The van der Waals surface area contributed by atoms with E-state index in [9.17, 15) is 10.1 Å². The van der Waals surface area contributed by atoms with Crippen molar-refractivity contribution >= 4 is 29.0 Å². The van der Waals surface area contributed by atoms with Crippen molar-refractivity contribution in [1.82, 2.24) is 9.88 Å². The summed E-state index contributed by atoms with van der Waals surface area (Å²) < 4.78 is 0. The topological polar surface area (TPSA) is 57.0 Å². The molecule has 1 fully saturated rings. The largest absolute Gasteiger partial charge is 0.334 e. The number of aromatic nitrogens is 1. The second kappa shape index (κ2) is 7.59. The summed E-state index contributed by atoms with van der Waals surface area (Å²) in [6.07, 6.45) is 2.07. The fraction of sp³-hybridized carbons (Fsp3) is 0.421. The molecule has 1 amide bonds. The third-order valence-electron chi connectivity index (χ3n) is 4.85. The molecule has 130 valence electrons. The van der Waals surface area contributed by atoms with Gasteiger partial charge in [0.2, 0.25) is 5.91 Å². The highest BCUT2D eigenvalue weighted by molar-refractivity contribution is 8.00. The number of hydrogen-bond donors (Lipinski definition) is 0. The summed E-state index contributed by atoms with van der Waals surface area (Å²) in [6, 6.07) is 6.60. The molecule has 0 N–H and O–H groups in total. The summed E-state index contributed by atoms with van der Waals surface area (Å²) in [6.45, 7) is 6.69. The van der Waals surface area contributed by atoms with Crippen LogP contribution in [0.3, 0.4) is 0 Å². The van der Waals surface area contributed by atoms with Gasteiger partial charge in [-0.25, -0.2) is 4.98 Å². The minimum absolute atomic E-state index is 0.127. The quantitative estimate of drug-likeness (QED) is 0.748. The summed E-state index contributed by atoms with van der Waals surface area (Å²) in [5.41, 5.74) is 3.52. The molecule has 1 aliphatic heterocycles. The lowest BCUT2D eigenvalue weighted by atomic mass is 10.1. The fourth-order valence-corrected chi connectivity index (χ4v) is 5.05. The van der Waals surface area contributed by atoms with Crippen LogP contribution in [-0.2, 0) is 4.79 Å². The number of nitriles is 1. The standard InChI is InChI=1S/C19H21N3OS2/c1-12-13(2)15(10-20)19(21-14(12)3)25-11-18(23)22-8-4-6-16(22)17-7-5-9-24-17/h5,7,9,16H,4,6,8,11H2,1-3H3. The number of aryl methyl sites for hydroxylation is 1. The maximum absolute atomic E-state index is 12.8. The van der Waals surface area contributed by atoms with Crippen molar-refractivity contribution in [3.8, 4) is 6.07 Å². The van der Waals surface area contributed by atoms with Gasteiger partial charge in [0.15, 0.2) is 0 Å². The third-order valence-corrected chi connectivity index (χ3v) is 6.79. The van der Waals surface area contributed by atoms with Crippen molar-refractivity contribution in [2.45, 2.75) is 44.7 Å². The van der Waals surface area contributed by atoms with E-state index in [0.717, 1.165) is 36.2 Å². The van der Waals surface area contributed by atoms with Crippen LogP contribution in [0.15, 0.2) is 22.5 Å². The van der Waals surface area contributed by atoms with Gasteiger partial charge >= 0.3 is 0 Å². The Balaban J connectivity index is 1.74. The number of thiophene rings is 1. The highest BCUT2D eigenvalue weighted by Gasteiger charge is 2.30. The van der Waals surface area contributed by atoms with Crippen LogP contribution in [0.5, 0.6) is 0 Å². The number of rotatable bonds is 4. The van der Waals surface area contributed by atoms with Crippen LogP contribution in [0.2, 0.25) is 0 Å². The van der Waals surface area contributed by atoms with Gasteiger partial charge in [-0.05, 0) is 56.2 Å². The van der Waals surface area contributed by atoms with E-state index < -0.39 is 0 Å². The summed E-state index contributed by atoms with van der Waals surface area (Å²) in [5, 5.41) is 12.2. The van der Waals surface area contributed by atoms with E-state index in [4.69, 9.17) is 0 Å². The van der Waals surface area contributed by atoms with Gasteiger partial charge in [0, 0.05) is 17.1 Å².